The van der Waals surface area contributed by atoms with Crippen LogP contribution >= 0.6 is 34.8 Å². The van der Waals surface area contributed by atoms with Crippen LogP contribution in [0.5, 0.6) is 0 Å². The summed E-state index contributed by atoms with van der Waals surface area (Å²) < 4.78 is 0. The van der Waals surface area contributed by atoms with Gasteiger partial charge in [-0.05, 0) is 36.8 Å². The molecule has 1 N–H and O–H groups in total. The van der Waals surface area contributed by atoms with E-state index in [-0.39, 0.29) is 0 Å². The van der Waals surface area contributed by atoms with Gasteiger partial charge in [0.1, 0.15) is 11.8 Å². The van der Waals surface area contributed by atoms with E-state index in [1.165, 1.54) is 6.08 Å². The van der Waals surface area contributed by atoms with Crippen molar-refractivity contribution in [3.8, 4) is 6.07 Å². The zero-order valence-corrected chi connectivity index (χ0v) is 13.1. The topological polar surface area (TPSA) is 56.4 Å². The van der Waals surface area contributed by atoms with Gasteiger partial charge in [0.25, 0.3) is 0 Å². The Labute approximate surface area is 137 Å². The number of allylic oxidation sites excluding steroid dienone is 6. The SMILES string of the molecule is CC1=CC(=C(C#N)c2ccc(Cl)cc2Cl)C(Cl)=CC1=NO. The Morgan fingerprint density at radius 3 is 2.52 bits per heavy atom. The van der Waals surface area contributed by atoms with Gasteiger partial charge in [-0.15, -0.1) is 0 Å². The molecule has 0 radical (unpaired) electrons. The van der Waals surface area contributed by atoms with Crippen molar-refractivity contribution >= 4 is 46.1 Å². The summed E-state index contributed by atoms with van der Waals surface area (Å²) in [7, 11) is 0. The largest absolute Gasteiger partial charge is 0.410 e. The van der Waals surface area contributed by atoms with Crippen molar-refractivity contribution in [3.63, 3.8) is 0 Å². The maximum absolute atomic E-state index is 9.46. The smallest absolute Gasteiger partial charge is 0.107 e. The fraction of sp³-hybridized carbons (Fsp3) is 0.0667. The molecule has 106 valence electrons. The van der Waals surface area contributed by atoms with Crippen LogP contribution in [0.25, 0.3) is 5.57 Å². The van der Waals surface area contributed by atoms with E-state index in [0.717, 1.165) is 0 Å². The van der Waals surface area contributed by atoms with E-state index in [1.54, 1.807) is 31.2 Å². The molecule has 0 aromatic heterocycles. The maximum Gasteiger partial charge on any atom is 0.107 e. The Kier molecular flexibility index (Phi) is 4.74. The van der Waals surface area contributed by atoms with Crippen molar-refractivity contribution in [3.05, 3.63) is 62.1 Å². The van der Waals surface area contributed by atoms with Crippen LogP contribution in [0.2, 0.25) is 10.0 Å². The van der Waals surface area contributed by atoms with E-state index in [0.29, 0.717) is 43.1 Å². The molecule has 0 bridgehead atoms. The van der Waals surface area contributed by atoms with Crippen molar-refractivity contribution in [1.82, 2.24) is 0 Å². The number of benzene rings is 1. The maximum atomic E-state index is 9.46. The highest BCUT2D eigenvalue weighted by Gasteiger charge is 2.19. The molecule has 1 aliphatic carbocycles. The molecular weight excluding hydrogens is 331 g/mol. The molecule has 1 aromatic carbocycles. The summed E-state index contributed by atoms with van der Waals surface area (Å²) in [6.07, 6.45) is 3.17. The van der Waals surface area contributed by atoms with Crippen LogP contribution in [0.15, 0.2) is 51.7 Å². The summed E-state index contributed by atoms with van der Waals surface area (Å²) in [6.45, 7) is 1.76. The average Bonchev–Trinajstić information content (AvgIpc) is 2.45. The van der Waals surface area contributed by atoms with Gasteiger partial charge in [-0.3, -0.25) is 0 Å². The fourth-order valence-electron chi connectivity index (χ4n) is 1.93. The van der Waals surface area contributed by atoms with E-state index < -0.39 is 0 Å². The number of nitriles is 1. The third-order valence-electron chi connectivity index (χ3n) is 2.97. The highest BCUT2D eigenvalue weighted by Crippen LogP contribution is 2.34. The van der Waals surface area contributed by atoms with Gasteiger partial charge >= 0.3 is 0 Å². The first-order chi connectivity index (χ1) is 9.97. The molecule has 0 unspecified atom stereocenters. The molecule has 1 aliphatic rings. The molecule has 2 rings (SSSR count). The van der Waals surface area contributed by atoms with Gasteiger partial charge in [-0.1, -0.05) is 46.0 Å². The van der Waals surface area contributed by atoms with Crippen LogP contribution in [-0.2, 0) is 0 Å². The van der Waals surface area contributed by atoms with Crippen LogP contribution in [0.3, 0.4) is 0 Å². The first-order valence-electron chi connectivity index (χ1n) is 5.86. The first kappa shape index (κ1) is 15.7. The first-order valence-corrected chi connectivity index (χ1v) is 6.99. The summed E-state index contributed by atoms with van der Waals surface area (Å²) in [5.41, 5.74) is 2.43. The fourth-order valence-corrected chi connectivity index (χ4v) is 2.68. The number of halogens is 3. The van der Waals surface area contributed by atoms with Gasteiger partial charge in [-0.2, -0.15) is 5.26 Å². The molecule has 1 aromatic rings. The van der Waals surface area contributed by atoms with Gasteiger partial charge in [0.15, 0.2) is 0 Å². The Morgan fingerprint density at radius 1 is 1.24 bits per heavy atom. The third-order valence-corrected chi connectivity index (χ3v) is 3.84. The molecule has 0 saturated carbocycles. The van der Waals surface area contributed by atoms with Crippen LogP contribution in [-0.4, -0.2) is 10.9 Å². The Hall–Kier alpha value is -1.73. The monoisotopic (exact) mass is 338 g/mol. The van der Waals surface area contributed by atoms with E-state index in [1.807, 2.05) is 0 Å². The van der Waals surface area contributed by atoms with Crippen molar-refractivity contribution in [2.24, 2.45) is 5.16 Å². The molecule has 0 amide bonds. The standard InChI is InChI=1S/C15H9Cl3N2O/c1-8-4-11(14(18)6-15(8)20-21)12(7-19)10-3-2-9(16)5-13(10)17/h2-6,21H,1H3. The highest BCUT2D eigenvalue weighted by molar-refractivity contribution is 6.38. The van der Waals surface area contributed by atoms with E-state index in [2.05, 4.69) is 11.2 Å². The van der Waals surface area contributed by atoms with E-state index in [9.17, 15) is 5.26 Å². The zero-order valence-electron chi connectivity index (χ0n) is 10.9. The third kappa shape index (κ3) is 3.14. The number of rotatable bonds is 1. The molecule has 0 heterocycles. The summed E-state index contributed by atoms with van der Waals surface area (Å²) in [5.74, 6) is 0. The second-order valence-electron chi connectivity index (χ2n) is 4.33. The number of hydrogen-bond donors (Lipinski definition) is 1. The van der Waals surface area contributed by atoms with Gasteiger partial charge in [0.2, 0.25) is 0 Å². The van der Waals surface area contributed by atoms with Crippen molar-refractivity contribution in [2.45, 2.75) is 6.92 Å². The molecular formula is C15H9Cl3N2O. The summed E-state index contributed by atoms with van der Waals surface area (Å²) in [6, 6.07) is 6.99. The molecule has 0 aliphatic heterocycles. The molecule has 0 fully saturated rings. The lowest BCUT2D eigenvalue weighted by Gasteiger charge is -2.14. The van der Waals surface area contributed by atoms with Crippen LogP contribution in [0.4, 0.5) is 0 Å². The van der Waals surface area contributed by atoms with Crippen molar-refractivity contribution < 1.29 is 5.21 Å². The Morgan fingerprint density at radius 2 is 1.95 bits per heavy atom. The lowest BCUT2D eigenvalue weighted by molar-refractivity contribution is 0.319. The highest BCUT2D eigenvalue weighted by atomic mass is 35.5. The van der Waals surface area contributed by atoms with Gasteiger partial charge < -0.3 is 5.21 Å². The second-order valence-corrected chi connectivity index (χ2v) is 5.58. The van der Waals surface area contributed by atoms with E-state index >= 15 is 0 Å². The molecule has 6 heteroatoms. The average molecular weight is 340 g/mol. The van der Waals surface area contributed by atoms with Crippen LogP contribution in [0, 0.1) is 11.3 Å². The summed E-state index contributed by atoms with van der Waals surface area (Å²) >= 11 is 18.2. The van der Waals surface area contributed by atoms with Crippen molar-refractivity contribution in [2.75, 3.05) is 0 Å². The number of hydrogen-bond acceptors (Lipinski definition) is 3. The minimum atomic E-state index is 0.302. The Balaban J connectivity index is 2.68. The lowest BCUT2D eigenvalue weighted by Crippen LogP contribution is -2.05. The minimum Gasteiger partial charge on any atom is -0.410 e. The molecule has 0 saturated heterocycles. The molecule has 0 spiro atoms. The minimum absolute atomic E-state index is 0.302. The lowest BCUT2D eigenvalue weighted by atomic mass is 9.94. The molecule has 0 atom stereocenters. The normalized spacial score (nSPS) is 18.9. The number of nitrogens with zero attached hydrogens (tertiary/aromatic N) is 2. The van der Waals surface area contributed by atoms with E-state index in [4.69, 9.17) is 40.0 Å². The quantitative estimate of drug-likeness (QED) is 0.435. The summed E-state index contributed by atoms with van der Waals surface area (Å²) in [5, 5.41) is 22.6. The predicted octanol–water partition coefficient (Wildman–Crippen LogP) is 5.18. The number of oxime groups is 1. The Bertz CT molecular complexity index is 768. The molecule has 3 nitrogen and oxygen atoms in total. The van der Waals surface area contributed by atoms with Gasteiger partial charge in [-0.25, -0.2) is 0 Å². The zero-order chi connectivity index (χ0) is 15.6. The van der Waals surface area contributed by atoms with Crippen LogP contribution < -0.4 is 0 Å². The van der Waals surface area contributed by atoms with Gasteiger partial charge in [0, 0.05) is 16.2 Å². The second kappa shape index (κ2) is 6.36. The van der Waals surface area contributed by atoms with Gasteiger partial charge in [0.05, 0.1) is 15.6 Å². The summed E-state index contributed by atoms with van der Waals surface area (Å²) in [4.78, 5) is 0. The predicted molar refractivity (Wildman–Crippen MR) is 85.9 cm³/mol. The van der Waals surface area contributed by atoms with Crippen LogP contribution in [0.1, 0.15) is 12.5 Å². The molecule has 21 heavy (non-hydrogen) atoms. The van der Waals surface area contributed by atoms with Crippen molar-refractivity contribution in [1.29, 1.82) is 5.26 Å².